The average molecular weight is 308 g/mol. The van der Waals surface area contributed by atoms with Crippen LogP contribution in [-0.2, 0) is 25.3 Å². The fraction of sp³-hybridized carbons (Fsp3) is 0.562. The Balaban J connectivity index is 2.30. The Morgan fingerprint density at radius 2 is 1.82 bits per heavy atom. The highest BCUT2D eigenvalue weighted by Gasteiger charge is 2.52. The lowest BCUT2D eigenvalue weighted by molar-refractivity contribution is -0.142. The van der Waals surface area contributed by atoms with E-state index in [0.29, 0.717) is 17.6 Å². The second-order valence-electron chi connectivity index (χ2n) is 6.41. The van der Waals surface area contributed by atoms with Gasteiger partial charge in [-0.05, 0) is 57.8 Å². The molecule has 0 amide bonds. The summed E-state index contributed by atoms with van der Waals surface area (Å²) < 4.78 is 30.4. The zero-order valence-electron chi connectivity index (χ0n) is 13.7. The average Bonchev–Trinajstić information content (AvgIpc) is 2.58. The van der Waals surface area contributed by atoms with E-state index in [0.717, 1.165) is 0 Å². The second-order valence-corrected chi connectivity index (χ2v) is 6.41. The third kappa shape index (κ3) is 3.33. The number of ether oxygens (including phenoxy) is 1. The van der Waals surface area contributed by atoms with Crippen molar-refractivity contribution < 1.29 is 23.2 Å². The number of benzene rings is 1. The van der Waals surface area contributed by atoms with Crippen LogP contribution in [0.3, 0.4) is 0 Å². The fourth-order valence-corrected chi connectivity index (χ4v) is 2.29. The molecular weight excluding hydrogens is 286 g/mol. The van der Waals surface area contributed by atoms with Gasteiger partial charge in [-0.3, -0.25) is 4.79 Å². The molecule has 22 heavy (non-hydrogen) atoms. The predicted molar refractivity (Wildman–Crippen MR) is 82.5 cm³/mol. The van der Waals surface area contributed by atoms with Crippen LogP contribution in [0.25, 0.3) is 0 Å². The summed E-state index contributed by atoms with van der Waals surface area (Å²) in [6.07, 6.45) is -0.00892. The molecule has 6 heteroatoms. The van der Waals surface area contributed by atoms with Gasteiger partial charge in [0, 0.05) is 0 Å². The summed E-state index contributed by atoms with van der Waals surface area (Å²) in [6, 6.07) is 4.28. The van der Waals surface area contributed by atoms with E-state index in [4.69, 9.17) is 14.0 Å². The Morgan fingerprint density at radius 1 is 1.23 bits per heavy atom. The maximum atomic E-state index is 13.5. The third-order valence-corrected chi connectivity index (χ3v) is 4.25. The molecule has 0 atom stereocenters. The highest BCUT2D eigenvalue weighted by Crippen LogP contribution is 2.36. The first kappa shape index (κ1) is 17.0. The van der Waals surface area contributed by atoms with E-state index >= 15 is 0 Å². The minimum absolute atomic E-state index is 0.00892. The number of rotatable bonds is 4. The van der Waals surface area contributed by atoms with E-state index in [2.05, 4.69) is 0 Å². The van der Waals surface area contributed by atoms with Crippen LogP contribution >= 0.6 is 0 Å². The van der Waals surface area contributed by atoms with Gasteiger partial charge in [0.2, 0.25) is 0 Å². The molecule has 2 rings (SSSR count). The van der Waals surface area contributed by atoms with Crippen molar-refractivity contribution in [3.05, 3.63) is 29.6 Å². The topological polar surface area (TPSA) is 44.8 Å². The first-order valence-electron chi connectivity index (χ1n) is 7.46. The van der Waals surface area contributed by atoms with Gasteiger partial charge in [0.1, 0.15) is 5.82 Å². The molecule has 4 nitrogen and oxygen atoms in total. The standard InChI is InChI=1S/C16H22BFO4/c1-6-20-14(19)10-11-9-12(18)7-8-13(11)17-21-15(2,3)16(4,5)22-17/h7-9H,6,10H2,1-5H3. The minimum Gasteiger partial charge on any atom is -0.466 e. The zero-order valence-corrected chi connectivity index (χ0v) is 13.7. The molecule has 0 aliphatic carbocycles. The van der Waals surface area contributed by atoms with Crippen LogP contribution in [0.15, 0.2) is 18.2 Å². The lowest BCUT2D eigenvalue weighted by atomic mass is 9.75. The van der Waals surface area contributed by atoms with Crippen LogP contribution in [0.4, 0.5) is 4.39 Å². The van der Waals surface area contributed by atoms with Crippen LogP contribution < -0.4 is 5.46 Å². The minimum atomic E-state index is -0.630. The first-order valence-corrected chi connectivity index (χ1v) is 7.46. The van der Waals surface area contributed by atoms with Crippen molar-refractivity contribution in [1.29, 1.82) is 0 Å². The maximum Gasteiger partial charge on any atom is 0.495 e. The number of hydrogen-bond acceptors (Lipinski definition) is 4. The number of carbonyl (C=O) groups excluding carboxylic acids is 1. The van der Waals surface area contributed by atoms with Crippen molar-refractivity contribution in [2.45, 2.75) is 52.2 Å². The van der Waals surface area contributed by atoms with E-state index in [1.165, 1.54) is 12.1 Å². The van der Waals surface area contributed by atoms with Crippen molar-refractivity contribution >= 4 is 18.6 Å². The molecule has 0 radical (unpaired) electrons. The molecule has 1 fully saturated rings. The fourth-order valence-electron chi connectivity index (χ4n) is 2.29. The van der Waals surface area contributed by atoms with Gasteiger partial charge in [0.05, 0.1) is 24.2 Å². The number of carbonyl (C=O) groups is 1. The van der Waals surface area contributed by atoms with Gasteiger partial charge in [-0.25, -0.2) is 4.39 Å². The van der Waals surface area contributed by atoms with Crippen LogP contribution in [0.1, 0.15) is 40.2 Å². The number of esters is 1. The SMILES string of the molecule is CCOC(=O)Cc1cc(F)ccc1B1OC(C)(C)C(C)(C)O1. The van der Waals surface area contributed by atoms with Gasteiger partial charge in [0.15, 0.2) is 0 Å². The third-order valence-electron chi connectivity index (χ3n) is 4.25. The molecule has 1 aromatic carbocycles. The zero-order chi connectivity index (χ0) is 16.5. The summed E-state index contributed by atoms with van der Waals surface area (Å²) in [6.45, 7) is 9.81. The predicted octanol–water partition coefficient (Wildman–Crippen LogP) is 2.23. The van der Waals surface area contributed by atoms with E-state index in [9.17, 15) is 9.18 Å². The Hall–Kier alpha value is -1.40. The lowest BCUT2D eigenvalue weighted by Gasteiger charge is -2.32. The van der Waals surface area contributed by atoms with Crippen LogP contribution in [0.5, 0.6) is 0 Å². The highest BCUT2D eigenvalue weighted by molar-refractivity contribution is 6.62. The first-order chi connectivity index (χ1) is 10.2. The van der Waals surface area contributed by atoms with E-state index < -0.39 is 30.1 Å². The second kappa shape index (κ2) is 6.01. The molecule has 0 spiro atoms. The summed E-state index contributed by atoms with van der Waals surface area (Å²) in [5, 5.41) is 0. The summed E-state index contributed by atoms with van der Waals surface area (Å²) in [5.41, 5.74) is 0.200. The molecule has 0 aromatic heterocycles. The maximum absolute atomic E-state index is 13.5. The van der Waals surface area contributed by atoms with E-state index in [-0.39, 0.29) is 6.42 Å². The molecule has 1 aliphatic rings. The van der Waals surface area contributed by atoms with Gasteiger partial charge in [-0.2, -0.15) is 0 Å². The van der Waals surface area contributed by atoms with Crippen molar-refractivity contribution in [1.82, 2.24) is 0 Å². The Labute approximate surface area is 131 Å². The Kier molecular flexibility index (Phi) is 4.63. The van der Waals surface area contributed by atoms with E-state index in [1.807, 2.05) is 27.7 Å². The molecule has 0 bridgehead atoms. The molecule has 1 aromatic rings. The monoisotopic (exact) mass is 308 g/mol. The summed E-state index contributed by atoms with van der Waals surface area (Å²) in [7, 11) is -0.630. The largest absolute Gasteiger partial charge is 0.495 e. The lowest BCUT2D eigenvalue weighted by Crippen LogP contribution is -2.41. The normalized spacial score (nSPS) is 19.3. The molecule has 0 saturated carbocycles. The number of hydrogen-bond donors (Lipinski definition) is 0. The van der Waals surface area contributed by atoms with Gasteiger partial charge in [0.25, 0.3) is 0 Å². The van der Waals surface area contributed by atoms with Crippen molar-refractivity contribution in [2.24, 2.45) is 0 Å². The van der Waals surface area contributed by atoms with Crippen LogP contribution in [-0.4, -0.2) is 30.9 Å². The van der Waals surface area contributed by atoms with Gasteiger partial charge in [-0.1, -0.05) is 6.07 Å². The quantitative estimate of drug-likeness (QED) is 0.632. The molecule has 0 unspecified atom stereocenters. The van der Waals surface area contributed by atoms with Crippen molar-refractivity contribution in [2.75, 3.05) is 6.61 Å². The summed E-state index contributed by atoms with van der Waals surface area (Å²) in [5.74, 6) is -0.801. The summed E-state index contributed by atoms with van der Waals surface area (Å²) in [4.78, 5) is 11.7. The van der Waals surface area contributed by atoms with Crippen LogP contribution in [0.2, 0.25) is 0 Å². The molecule has 1 heterocycles. The highest BCUT2D eigenvalue weighted by atomic mass is 19.1. The molecular formula is C16H22BFO4. The van der Waals surface area contributed by atoms with Crippen LogP contribution in [0, 0.1) is 5.82 Å². The Bertz CT molecular complexity index is 555. The molecule has 120 valence electrons. The van der Waals surface area contributed by atoms with Gasteiger partial charge < -0.3 is 14.0 Å². The number of halogens is 1. The molecule has 0 N–H and O–H groups in total. The van der Waals surface area contributed by atoms with Crippen molar-refractivity contribution in [3.63, 3.8) is 0 Å². The molecule has 1 saturated heterocycles. The Morgan fingerprint density at radius 3 is 2.36 bits per heavy atom. The van der Waals surface area contributed by atoms with E-state index in [1.54, 1.807) is 13.0 Å². The summed E-state index contributed by atoms with van der Waals surface area (Å²) >= 11 is 0. The van der Waals surface area contributed by atoms with Gasteiger partial charge >= 0.3 is 13.1 Å². The molecule has 1 aliphatic heterocycles. The van der Waals surface area contributed by atoms with Gasteiger partial charge in [-0.15, -0.1) is 0 Å². The smallest absolute Gasteiger partial charge is 0.466 e. The van der Waals surface area contributed by atoms with Crippen molar-refractivity contribution in [3.8, 4) is 0 Å².